The number of nitrogens with zero attached hydrogens (tertiary/aromatic N) is 1. The van der Waals surface area contributed by atoms with Gasteiger partial charge in [-0.3, -0.25) is 9.78 Å². The van der Waals surface area contributed by atoms with Gasteiger partial charge in [-0.1, -0.05) is 12.1 Å². The van der Waals surface area contributed by atoms with E-state index >= 15 is 0 Å². The molecule has 2 aromatic carbocycles. The van der Waals surface area contributed by atoms with E-state index in [1.807, 2.05) is 43.3 Å². The summed E-state index contributed by atoms with van der Waals surface area (Å²) in [5, 5.41) is 4.30. The van der Waals surface area contributed by atoms with Gasteiger partial charge in [0.15, 0.2) is 0 Å². The monoisotopic (exact) mass is 362 g/mol. The molecule has 0 aliphatic heterocycles. The molecule has 1 aliphatic rings. The van der Waals surface area contributed by atoms with Crippen molar-refractivity contribution in [1.82, 2.24) is 10.3 Å². The van der Waals surface area contributed by atoms with Crippen molar-refractivity contribution in [2.75, 3.05) is 14.2 Å². The van der Waals surface area contributed by atoms with Gasteiger partial charge in [0, 0.05) is 23.2 Å². The third-order valence-electron chi connectivity index (χ3n) is 5.24. The second-order valence-corrected chi connectivity index (χ2v) is 6.96. The van der Waals surface area contributed by atoms with Crippen LogP contribution in [0.25, 0.3) is 10.9 Å². The van der Waals surface area contributed by atoms with Gasteiger partial charge in [-0.2, -0.15) is 0 Å². The summed E-state index contributed by atoms with van der Waals surface area (Å²) in [6.45, 7) is 1.93. The molecule has 0 radical (unpaired) electrons. The summed E-state index contributed by atoms with van der Waals surface area (Å²) in [4.78, 5) is 17.5. The highest BCUT2D eigenvalue weighted by molar-refractivity contribution is 5.97. The van der Waals surface area contributed by atoms with E-state index in [1.165, 1.54) is 0 Å². The highest BCUT2D eigenvalue weighted by Gasteiger charge is 2.47. The van der Waals surface area contributed by atoms with Crippen LogP contribution in [-0.2, 0) is 5.54 Å². The van der Waals surface area contributed by atoms with Gasteiger partial charge in [0.2, 0.25) is 0 Å². The van der Waals surface area contributed by atoms with E-state index in [4.69, 9.17) is 9.47 Å². The maximum atomic E-state index is 13.0. The highest BCUT2D eigenvalue weighted by Crippen LogP contribution is 2.49. The average Bonchev–Trinajstić information content (AvgIpc) is 3.47. The molecule has 1 heterocycles. The molecule has 1 fully saturated rings. The van der Waals surface area contributed by atoms with Crippen LogP contribution in [0.2, 0.25) is 0 Å². The zero-order valence-corrected chi connectivity index (χ0v) is 15.7. The fraction of sp³-hybridized carbons (Fsp3) is 0.273. The quantitative estimate of drug-likeness (QED) is 0.746. The lowest BCUT2D eigenvalue weighted by atomic mass is 9.97. The number of aryl methyl sites for hydroxylation is 1. The zero-order valence-electron chi connectivity index (χ0n) is 15.7. The van der Waals surface area contributed by atoms with Gasteiger partial charge >= 0.3 is 0 Å². The van der Waals surface area contributed by atoms with E-state index in [2.05, 4.69) is 10.3 Å². The average molecular weight is 362 g/mol. The van der Waals surface area contributed by atoms with E-state index in [1.54, 1.807) is 26.5 Å². The van der Waals surface area contributed by atoms with Crippen LogP contribution in [0.15, 0.2) is 48.7 Å². The van der Waals surface area contributed by atoms with Crippen molar-refractivity contribution in [3.8, 4) is 11.5 Å². The smallest absolute Gasteiger partial charge is 0.252 e. The maximum Gasteiger partial charge on any atom is 0.252 e. The van der Waals surface area contributed by atoms with Crippen molar-refractivity contribution in [2.24, 2.45) is 0 Å². The van der Waals surface area contributed by atoms with E-state index in [0.29, 0.717) is 11.3 Å². The molecule has 1 aromatic heterocycles. The molecule has 1 N–H and O–H groups in total. The zero-order chi connectivity index (χ0) is 19.0. The predicted octanol–water partition coefficient (Wildman–Crippen LogP) is 3.98. The standard InChI is InChI=1S/C22H22N2O3/c1-14-6-7-15(26-2)11-18(14)21(25)24-22(8-9-22)19-12-16(27-3)13-20-17(19)5-4-10-23-20/h4-7,10-13H,8-9H2,1-3H3,(H,24,25). The van der Waals surface area contributed by atoms with Crippen LogP contribution >= 0.6 is 0 Å². The molecule has 27 heavy (non-hydrogen) atoms. The number of hydrogen-bond acceptors (Lipinski definition) is 4. The first-order chi connectivity index (χ1) is 13.1. The lowest BCUT2D eigenvalue weighted by Crippen LogP contribution is -2.35. The van der Waals surface area contributed by atoms with E-state index in [9.17, 15) is 4.79 Å². The Morgan fingerprint density at radius 2 is 1.85 bits per heavy atom. The Hall–Kier alpha value is -3.08. The second kappa shape index (κ2) is 6.58. The first-order valence-corrected chi connectivity index (χ1v) is 8.97. The number of benzene rings is 2. The molecule has 1 amide bonds. The Balaban J connectivity index is 1.73. The number of carbonyl (C=O) groups is 1. The molecular weight excluding hydrogens is 340 g/mol. The summed E-state index contributed by atoms with van der Waals surface area (Å²) in [7, 11) is 3.25. The number of rotatable bonds is 5. The van der Waals surface area contributed by atoms with Crippen LogP contribution in [0.3, 0.4) is 0 Å². The third kappa shape index (κ3) is 3.10. The number of aromatic nitrogens is 1. The minimum Gasteiger partial charge on any atom is -0.497 e. The summed E-state index contributed by atoms with van der Waals surface area (Å²) >= 11 is 0. The Labute approximate surface area is 158 Å². The van der Waals surface area contributed by atoms with Crippen LogP contribution in [0.5, 0.6) is 11.5 Å². The number of nitrogens with one attached hydrogen (secondary N) is 1. The lowest BCUT2D eigenvalue weighted by molar-refractivity contribution is 0.0930. The summed E-state index contributed by atoms with van der Waals surface area (Å²) in [6.07, 6.45) is 3.54. The summed E-state index contributed by atoms with van der Waals surface area (Å²) < 4.78 is 10.7. The van der Waals surface area contributed by atoms with Crippen molar-refractivity contribution >= 4 is 16.8 Å². The van der Waals surface area contributed by atoms with Gasteiger partial charge in [-0.25, -0.2) is 0 Å². The molecule has 3 aromatic rings. The van der Waals surface area contributed by atoms with E-state index < -0.39 is 0 Å². The SMILES string of the molecule is COc1ccc(C)c(C(=O)NC2(c3cc(OC)cc4ncccc34)CC2)c1. The molecule has 138 valence electrons. The minimum atomic E-state index is -0.386. The predicted molar refractivity (Wildman–Crippen MR) is 104 cm³/mol. The molecule has 5 nitrogen and oxygen atoms in total. The van der Waals surface area contributed by atoms with Crippen molar-refractivity contribution in [1.29, 1.82) is 0 Å². The molecular formula is C22H22N2O3. The molecule has 0 unspecified atom stereocenters. The normalized spacial score (nSPS) is 14.6. The highest BCUT2D eigenvalue weighted by atomic mass is 16.5. The topological polar surface area (TPSA) is 60.5 Å². The Morgan fingerprint density at radius 1 is 1.07 bits per heavy atom. The summed E-state index contributed by atoms with van der Waals surface area (Å²) in [5.74, 6) is 1.32. The van der Waals surface area contributed by atoms with Crippen LogP contribution in [0.1, 0.15) is 34.3 Å². The molecule has 5 heteroatoms. The van der Waals surface area contributed by atoms with Crippen LogP contribution < -0.4 is 14.8 Å². The largest absolute Gasteiger partial charge is 0.497 e. The first kappa shape index (κ1) is 17.3. The van der Waals surface area contributed by atoms with E-state index in [0.717, 1.165) is 40.6 Å². The maximum absolute atomic E-state index is 13.0. The molecule has 0 atom stereocenters. The first-order valence-electron chi connectivity index (χ1n) is 8.97. The molecule has 0 saturated heterocycles. The minimum absolute atomic E-state index is 0.0937. The summed E-state index contributed by atoms with van der Waals surface area (Å²) in [6, 6.07) is 13.4. The number of hydrogen-bond donors (Lipinski definition) is 1. The lowest BCUT2D eigenvalue weighted by Gasteiger charge is -2.21. The van der Waals surface area contributed by atoms with Gasteiger partial charge < -0.3 is 14.8 Å². The third-order valence-corrected chi connectivity index (χ3v) is 5.24. The molecule has 1 saturated carbocycles. The Morgan fingerprint density at radius 3 is 2.56 bits per heavy atom. The summed E-state index contributed by atoms with van der Waals surface area (Å²) in [5.41, 5.74) is 3.08. The number of amides is 1. The van der Waals surface area contributed by atoms with Crippen molar-refractivity contribution < 1.29 is 14.3 Å². The van der Waals surface area contributed by atoms with Crippen LogP contribution in [0, 0.1) is 6.92 Å². The van der Waals surface area contributed by atoms with Crippen molar-refractivity contribution in [2.45, 2.75) is 25.3 Å². The molecule has 1 aliphatic carbocycles. The van der Waals surface area contributed by atoms with Crippen molar-refractivity contribution in [3.63, 3.8) is 0 Å². The number of ether oxygens (including phenoxy) is 2. The fourth-order valence-electron chi connectivity index (χ4n) is 3.51. The van der Waals surface area contributed by atoms with Crippen LogP contribution in [0.4, 0.5) is 0 Å². The van der Waals surface area contributed by atoms with Gasteiger partial charge in [0.1, 0.15) is 11.5 Å². The molecule has 4 rings (SSSR count). The number of fused-ring (bicyclic) bond motifs is 1. The number of methoxy groups -OCH3 is 2. The Bertz CT molecular complexity index is 1030. The van der Waals surface area contributed by atoms with Crippen LogP contribution in [-0.4, -0.2) is 25.1 Å². The van der Waals surface area contributed by atoms with Crippen molar-refractivity contribution in [3.05, 3.63) is 65.4 Å². The molecule has 0 spiro atoms. The van der Waals surface area contributed by atoms with Gasteiger partial charge in [-0.05, 0) is 55.2 Å². The van der Waals surface area contributed by atoms with Gasteiger partial charge in [-0.15, -0.1) is 0 Å². The van der Waals surface area contributed by atoms with E-state index in [-0.39, 0.29) is 11.4 Å². The van der Waals surface area contributed by atoms with Gasteiger partial charge in [0.05, 0.1) is 25.3 Å². The van der Waals surface area contributed by atoms with Gasteiger partial charge in [0.25, 0.3) is 5.91 Å². The number of pyridine rings is 1. The number of carbonyl (C=O) groups excluding carboxylic acids is 1. The fourth-order valence-corrected chi connectivity index (χ4v) is 3.51. The second-order valence-electron chi connectivity index (χ2n) is 6.96. The Kier molecular flexibility index (Phi) is 4.22. The molecule has 0 bridgehead atoms.